The first-order valence-corrected chi connectivity index (χ1v) is 7.75. The zero-order valence-electron chi connectivity index (χ0n) is 14.7. The predicted octanol–water partition coefficient (Wildman–Crippen LogP) is 5.54. The molecule has 0 aliphatic rings. The van der Waals surface area contributed by atoms with Crippen molar-refractivity contribution in [3.05, 3.63) is 53.3 Å². The second-order valence-corrected chi connectivity index (χ2v) is 6.92. The van der Waals surface area contributed by atoms with Crippen LogP contribution in [0.25, 0.3) is 11.1 Å². The molecule has 0 spiro atoms. The number of ether oxygens (including phenoxy) is 2. The Kier molecular flexibility index (Phi) is 5.10. The molecule has 0 radical (unpaired) electrons. The summed E-state index contributed by atoms with van der Waals surface area (Å²) in [6.45, 7) is 8.39. The minimum absolute atomic E-state index is 0.105. The predicted molar refractivity (Wildman–Crippen MR) is 92.3 cm³/mol. The number of benzene rings is 2. The average Bonchev–Trinajstić information content (AvgIpc) is 2.48. The Balaban J connectivity index is 2.69. The van der Waals surface area contributed by atoms with Crippen LogP contribution in [0, 0.1) is 18.2 Å². The minimum Gasteiger partial charge on any atom is -0.497 e. The molecule has 0 N–H and O–H groups in total. The number of methoxy groups -OCH3 is 2. The van der Waals surface area contributed by atoms with Crippen LogP contribution in [0.15, 0.2) is 36.4 Å². The van der Waals surface area contributed by atoms with E-state index >= 15 is 0 Å². The van der Waals surface area contributed by atoms with E-state index in [4.69, 9.17) is 9.47 Å². The van der Waals surface area contributed by atoms with E-state index in [-0.39, 0.29) is 17.3 Å². The second-order valence-electron chi connectivity index (χ2n) is 6.92. The smallest absolute Gasteiger partial charge is 0.131 e. The SMILES string of the molecule is COc1ccc(F)c(-c2ccc(C)cc2[C@@H](OC)C(C)(C)C)c1. The molecule has 0 fully saturated rings. The maximum absolute atomic E-state index is 14.4. The van der Waals surface area contributed by atoms with Crippen LogP contribution >= 0.6 is 0 Å². The molecular weight excluding hydrogens is 291 g/mol. The van der Waals surface area contributed by atoms with Gasteiger partial charge in [-0.2, -0.15) is 0 Å². The first-order chi connectivity index (χ1) is 10.8. The van der Waals surface area contributed by atoms with Gasteiger partial charge < -0.3 is 9.47 Å². The molecule has 0 amide bonds. The van der Waals surface area contributed by atoms with Gasteiger partial charge in [-0.15, -0.1) is 0 Å². The molecule has 0 saturated heterocycles. The van der Waals surface area contributed by atoms with Crippen molar-refractivity contribution in [1.29, 1.82) is 0 Å². The zero-order valence-corrected chi connectivity index (χ0v) is 14.7. The van der Waals surface area contributed by atoms with Gasteiger partial charge in [0.2, 0.25) is 0 Å². The first-order valence-electron chi connectivity index (χ1n) is 7.75. The van der Waals surface area contributed by atoms with Gasteiger partial charge in [0.15, 0.2) is 0 Å². The summed E-state index contributed by atoms with van der Waals surface area (Å²) in [6, 6.07) is 10.8. The fraction of sp³-hybridized carbons (Fsp3) is 0.400. The molecule has 0 aliphatic heterocycles. The summed E-state index contributed by atoms with van der Waals surface area (Å²) in [4.78, 5) is 0. The molecule has 0 aliphatic carbocycles. The maximum atomic E-state index is 14.4. The van der Waals surface area contributed by atoms with Crippen molar-refractivity contribution in [1.82, 2.24) is 0 Å². The monoisotopic (exact) mass is 316 g/mol. The van der Waals surface area contributed by atoms with Crippen molar-refractivity contribution < 1.29 is 13.9 Å². The lowest BCUT2D eigenvalue weighted by molar-refractivity contribution is 0.0155. The normalized spacial score (nSPS) is 13.0. The van der Waals surface area contributed by atoms with Crippen LogP contribution in [-0.2, 0) is 4.74 Å². The lowest BCUT2D eigenvalue weighted by Gasteiger charge is -2.31. The summed E-state index contributed by atoms with van der Waals surface area (Å²) >= 11 is 0. The van der Waals surface area contributed by atoms with Crippen molar-refractivity contribution in [2.24, 2.45) is 5.41 Å². The molecule has 2 aromatic rings. The number of aryl methyl sites for hydroxylation is 1. The fourth-order valence-corrected chi connectivity index (χ4v) is 2.93. The van der Waals surface area contributed by atoms with E-state index in [1.807, 2.05) is 19.1 Å². The molecule has 1 atom stereocenters. The highest BCUT2D eigenvalue weighted by Crippen LogP contribution is 2.41. The van der Waals surface area contributed by atoms with E-state index < -0.39 is 0 Å². The van der Waals surface area contributed by atoms with E-state index in [0.29, 0.717) is 11.3 Å². The van der Waals surface area contributed by atoms with Crippen LogP contribution in [0.3, 0.4) is 0 Å². The molecule has 0 heterocycles. The highest BCUT2D eigenvalue weighted by Gasteiger charge is 2.29. The Morgan fingerprint density at radius 1 is 0.957 bits per heavy atom. The summed E-state index contributed by atoms with van der Waals surface area (Å²) in [5.74, 6) is 0.373. The van der Waals surface area contributed by atoms with Crippen molar-refractivity contribution in [3.8, 4) is 16.9 Å². The molecule has 2 rings (SSSR count). The first kappa shape index (κ1) is 17.5. The molecule has 3 heteroatoms. The average molecular weight is 316 g/mol. The van der Waals surface area contributed by atoms with Gasteiger partial charge >= 0.3 is 0 Å². The van der Waals surface area contributed by atoms with Crippen LogP contribution in [0.5, 0.6) is 5.75 Å². The van der Waals surface area contributed by atoms with E-state index in [1.165, 1.54) is 6.07 Å². The van der Waals surface area contributed by atoms with Gasteiger partial charge in [-0.05, 0) is 41.7 Å². The Morgan fingerprint density at radius 2 is 1.65 bits per heavy atom. The molecule has 0 bridgehead atoms. The minimum atomic E-state index is -0.264. The molecule has 2 nitrogen and oxygen atoms in total. The van der Waals surface area contributed by atoms with Crippen LogP contribution in [0.1, 0.15) is 38.0 Å². The second kappa shape index (κ2) is 6.71. The van der Waals surface area contributed by atoms with Gasteiger partial charge in [-0.25, -0.2) is 4.39 Å². The number of halogens is 1. The summed E-state index contributed by atoms with van der Waals surface area (Å²) < 4.78 is 25.5. The van der Waals surface area contributed by atoms with Crippen molar-refractivity contribution in [3.63, 3.8) is 0 Å². The zero-order chi connectivity index (χ0) is 17.2. The maximum Gasteiger partial charge on any atom is 0.131 e. The third kappa shape index (κ3) is 3.73. The summed E-state index contributed by atoms with van der Waals surface area (Å²) in [7, 11) is 3.28. The molecule has 0 unspecified atom stereocenters. The van der Waals surface area contributed by atoms with E-state index in [2.05, 4.69) is 26.8 Å². The quantitative estimate of drug-likeness (QED) is 0.737. The highest BCUT2D eigenvalue weighted by atomic mass is 19.1. The topological polar surface area (TPSA) is 18.5 Å². The van der Waals surface area contributed by atoms with Crippen LogP contribution < -0.4 is 4.74 Å². The Bertz CT molecular complexity index is 687. The molecule has 0 aromatic heterocycles. The fourth-order valence-electron chi connectivity index (χ4n) is 2.93. The van der Waals surface area contributed by atoms with Gasteiger partial charge in [0, 0.05) is 12.7 Å². The third-order valence-electron chi connectivity index (χ3n) is 3.98. The van der Waals surface area contributed by atoms with Crippen LogP contribution in [0.2, 0.25) is 0 Å². The van der Waals surface area contributed by atoms with Crippen molar-refractivity contribution >= 4 is 0 Å². The standard InChI is InChI=1S/C20H25FO2/c1-13-7-9-15(16-12-14(22-5)8-10-18(16)21)17(11-13)19(23-6)20(2,3)4/h7-12,19H,1-6H3/t19-/m1/s1. The van der Waals surface area contributed by atoms with E-state index in [0.717, 1.165) is 16.7 Å². The van der Waals surface area contributed by atoms with Crippen LogP contribution in [0.4, 0.5) is 4.39 Å². The van der Waals surface area contributed by atoms with Gasteiger partial charge in [0.25, 0.3) is 0 Å². The molecule has 2 aromatic carbocycles. The molecule has 23 heavy (non-hydrogen) atoms. The lowest BCUT2D eigenvalue weighted by Crippen LogP contribution is -2.21. The van der Waals surface area contributed by atoms with Crippen molar-refractivity contribution in [2.75, 3.05) is 14.2 Å². The Morgan fingerprint density at radius 3 is 2.22 bits per heavy atom. The number of hydrogen-bond donors (Lipinski definition) is 0. The van der Waals surface area contributed by atoms with Crippen LogP contribution in [-0.4, -0.2) is 14.2 Å². The van der Waals surface area contributed by atoms with Gasteiger partial charge in [0.05, 0.1) is 13.2 Å². The largest absolute Gasteiger partial charge is 0.497 e. The van der Waals surface area contributed by atoms with E-state index in [1.54, 1.807) is 26.4 Å². The lowest BCUT2D eigenvalue weighted by atomic mass is 9.81. The van der Waals surface area contributed by atoms with Gasteiger partial charge in [0.1, 0.15) is 11.6 Å². The van der Waals surface area contributed by atoms with E-state index in [9.17, 15) is 4.39 Å². The highest BCUT2D eigenvalue weighted by molar-refractivity contribution is 5.70. The number of hydrogen-bond acceptors (Lipinski definition) is 2. The summed E-state index contributed by atoms with van der Waals surface area (Å²) in [5.41, 5.74) is 3.39. The summed E-state index contributed by atoms with van der Waals surface area (Å²) in [6.07, 6.45) is -0.136. The van der Waals surface area contributed by atoms with Gasteiger partial charge in [-0.3, -0.25) is 0 Å². The Hall–Kier alpha value is -1.87. The molecule has 124 valence electrons. The van der Waals surface area contributed by atoms with Gasteiger partial charge in [-0.1, -0.05) is 44.5 Å². The Labute approximate surface area is 138 Å². The van der Waals surface area contributed by atoms with Crippen molar-refractivity contribution in [2.45, 2.75) is 33.8 Å². The molecule has 0 saturated carbocycles. The summed E-state index contributed by atoms with van der Waals surface area (Å²) in [5, 5.41) is 0. The molecular formula is C20H25FO2. The third-order valence-corrected chi connectivity index (χ3v) is 3.98. The number of rotatable bonds is 4.